The number of carboxylic acid groups (broad SMARTS) is 1. The first-order valence-electron chi connectivity index (χ1n) is 9.26. The Hall–Kier alpha value is -1.14. The van der Waals surface area contributed by atoms with Crippen molar-refractivity contribution in [3.05, 3.63) is 0 Å². The zero-order valence-corrected chi connectivity index (χ0v) is 14.9. The molecule has 0 amide bonds. The first kappa shape index (κ1) is 22.9. The Morgan fingerprint density at radius 3 is 1.58 bits per heavy atom. The van der Waals surface area contributed by atoms with Crippen LogP contribution in [0.3, 0.4) is 0 Å². The maximum Gasteiger partial charge on any atom is 0.338 e. The van der Waals surface area contributed by atoms with Gasteiger partial charge in [-0.3, -0.25) is 0 Å². The third-order valence-corrected chi connectivity index (χ3v) is 4.04. The number of hydrogen-bond donors (Lipinski definition) is 3. The smallest absolute Gasteiger partial charge is 0.338 e. The fraction of sp³-hybridized carbons (Fsp3) is 0.889. The number of carbonyl (C=O) groups excluding carboxylic acids is 1. The Morgan fingerprint density at radius 1 is 0.750 bits per heavy atom. The minimum Gasteiger partial charge on any atom is -0.479 e. The summed E-state index contributed by atoms with van der Waals surface area (Å²) >= 11 is 0. The Balaban J connectivity index is 3.36. The van der Waals surface area contributed by atoms with Gasteiger partial charge in [-0.1, -0.05) is 77.6 Å². The number of ether oxygens (including phenoxy) is 1. The zero-order valence-electron chi connectivity index (χ0n) is 14.9. The zero-order chi connectivity index (χ0) is 18.2. The predicted octanol–water partition coefficient (Wildman–Crippen LogP) is 3.04. The second-order valence-corrected chi connectivity index (χ2v) is 6.28. The third kappa shape index (κ3) is 12.3. The molecule has 2 atom stereocenters. The summed E-state index contributed by atoms with van der Waals surface area (Å²) in [7, 11) is 0. The molecular weight excluding hydrogens is 312 g/mol. The van der Waals surface area contributed by atoms with E-state index in [2.05, 4.69) is 6.92 Å². The summed E-state index contributed by atoms with van der Waals surface area (Å²) in [4.78, 5) is 21.7. The highest BCUT2D eigenvalue weighted by Crippen LogP contribution is 2.12. The molecule has 24 heavy (non-hydrogen) atoms. The van der Waals surface area contributed by atoms with Gasteiger partial charge < -0.3 is 20.1 Å². The number of carbonyl (C=O) groups is 2. The lowest BCUT2D eigenvalue weighted by Gasteiger charge is -2.13. The van der Waals surface area contributed by atoms with Crippen molar-refractivity contribution in [2.75, 3.05) is 6.61 Å². The van der Waals surface area contributed by atoms with Crippen molar-refractivity contribution in [1.82, 2.24) is 0 Å². The van der Waals surface area contributed by atoms with Gasteiger partial charge in [0.05, 0.1) is 6.61 Å². The monoisotopic (exact) mass is 346 g/mol. The van der Waals surface area contributed by atoms with E-state index in [-0.39, 0.29) is 6.61 Å². The van der Waals surface area contributed by atoms with Crippen LogP contribution >= 0.6 is 0 Å². The van der Waals surface area contributed by atoms with Crippen LogP contribution in [0.15, 0.2) is 0 Å². The van der Waals surface area contributed by atoms with Gasteiger partial charge in [0.2, 0.25) is 0 Å². The molecule has 0 rings (SSSR count). The van der Waals surface area contributed by atoms with Crippen LogP contribution in [0, 0.1) is 0 Å². The van der Waals surface area contributed by atoms with E-state index in [0.717, 1.165) is 12.8 Å². The van der Waals surface area contributed by atoms with E-state index in [0.29, 0.717) is 6.42 Å². The van der Waals surface area contributed by atoms with Gasteiger partial charge in [0.25, 0.3) is 0 Å². The normalized spacial score (nSPS) is 13.5. The van der Waals surface area contributed by atoms with Crippen LogP contribution in [0.4, 0.5) is 0 Å². The highest BCUT2D eigenvalue weighted by molar-refractivity contribution is 5.84. The van der Waals surface area contributed by atoms with Crippen LogP contribution < -0.4 is 0 Å². The molecule has 0 spiro atoms. The standard InChI is InChI=1S/C18H34O6/c1-2-3-4-5-6-7-8-9-10-11-12-13-14-24-18(23)16(20)15(19)17(21)22/h15-16,19-20H,2-14H2,1H3,(H,21,22). The molecular formula is C18H34O6. The average Bonchev–Trinajstić information content (AvgIpc) is 2.57. The van der Waals surface area contributed by atoms with Crippen LogP contribution in [-0.2, 0) is 14.3 Å². The van der Waals surface area contributed by atoms with E-state index in [1.54, 1.807) is 0 Å². The molecule has 0 bridgehead atoms. The van der Waals surface area contributed by atoms with Gasteiger partial charge in [-0.25, -0.2) is 9.59 Å². The summed E-state index contributed by atoms with van der Waals surface area (Å²) in [6.07, 6.45) is 10.2. The molecule has 0 aromatic carbocycles. The van der Waals surface area contributed by atoms with E-state index < -0.39 is 24.1 Å². The fourth-order valence-electron chi connectivity index (χ4n) is 2.47. The van der Waals surface area contributed by atoms with Crippen molar-refractivity contribution in [3.8, 4) is 0 Å². The van der Waals surface area contributed by atoms with Crippen molar-refractivity contribution >= 4 is 11.9 Å². The minimum atomic E-state index is -2.14. The second-order valence-electron chi connectivity index (χ2n) is 6.28. The van der Waals surface area contributed by atoms with E-state index in [9.17, 15) is 14.7 Å². The summed E-state index contributed by atoms with van der Waals surface area (Å²) in [5, 5.41) is 26.7. The van der Waals surface area contributed by atoms with E-state index in [1.807, 2.05) is 0 Å². The highest BCUT2D eigenvalue weighted by Gasteiger charge is 2.31. The first-order valence-corrected chi connectivity index (χ1v) is 9.26. The maximum atomic E-state index is 11.3. The summed E-state index contributed by atoms with van der Waals surface area (Å²) < 4.78 is 4.75. The molecule has 0 saturated carbocycles. The van der Waals surface area contributed by atoms with Gasteiger partial charge in [0, 0.05) is 0 Å². The Labute approximate surface area is 145 Å². The number of aliphatic hydroxyl groups is 2. The molecule has 0 aliphatic rings. The van der Waals surface area contributed by atoms with Crippen LogP contribution in [0.2, 0.25) is 0 Å². The van der Waals surface area contributed by atoms with Gasteiger partial charge in [0.15, 0.2) is 12.2 Å². The Kier molecular flexibility index (Phi) is 14.7. The maximum absolute atomic E-state index is 11.3. The Bertz CT molecular complexity index is 331. The highest BCUT2D eigenvalue weighted by atomic mass is 16.5. The third-order valence-electron chi connectivity index (χ3n) is 4.04. The minimum absolute atomic E-state index is 0.139. The molecule has 0 radical (unpaired) electrons. The fourth-order valence-corrected chi connectivity index (χ4v) is 2.47. The van der Waals surface area contributed by atoms with Gasteiger partial charge in [-0.2, -0.15) is 0 Å². The van der Waals surface area contributed by atoms with Gasteiger partial charge in [0.1, 0.15) is 0 Å². The molecule has 0 fully saturated rings. The topological polar surface area (TPSA) is 104 Å². The summed E-state index contributed by atoms with van der Waals surface area (Å²) in [5.41, 5.74) is 0. The molecule has 0 aromatic rings. The SMILES string of the molecule is CCCCCCCCCCCCCCOC(=O)C(O)C(O)C(=O)O. The molecule has 6 heteroatoms. The van der Waals surface area contributed by atoms with Crippen LogP contribution in [0.5, 0.6) is 0 Å². The van der Waals surface area contributed by atoms with Crippen molar-refractivity contribution in [1.29, 1.82) is 0 Å². The molecule has 6 nitrogen and oxygen atoms in total. The van der Waals surface area contributed by atoms with Crippen molar-refractivity contribution < 1.29 is 29.6 Å². The predicted molar refractivity (Wildman–Crippen MR) is 91.7 cm³/mol. The lowest BCUT2D eigenvalue weighted by Crippen LogP contribution is -2.40. The molecule has 142 valence electrons. The quantitative estimate of drug-likeness (QED) is 0.293. The molecule has 3 N–H and O–H groups in total. The first-order chi connectivity index (χ1) is 11.5. The van der Waals surface area contributed by atoms with E-state index >= 15 is 0 Å². The average molecular weight is 346 g/mol. The number of rotatable bonds is 16. The number of aliphatic carboxylic acids is 1. The summed E-state index contributed by atoms with van der Waals surface area (Å²) in [6.45, 7) is 2.36. The van der Waals surface area contributed by atoms with E-state index in [1.165, 1.54) is 57.8 Å². The van der Waals surface area contributed by atoms with Gasteiger partial charge in [-0.05, 0) is 6.42 Å². The number of esters is 1. The van der Waals surface area contributed by atoms with Crippen molar-refractivity contribution in [2.24, 2.45) is 0 Å². The Morgan fingerprint density at radius 2 is 1.17 bits per heavy atom. The molecule has 0 heterocycles. The number of aliphatic hydroxyl groups excluding tert-OH is 2. The largest absolute Gasteiger partial charge is 0.479 e. The number of unbranched alkanes of at least 4 members (excludes halogenated alkanes) is 11. The number of carboxylic acids is 1. The van der Waals surface area contributed by atoms with Crippen LogP contribution in [-0.4, -0.2) is 46.1 Å². The molecule has 0 aliphatic heterocycles. The van der Waals surface area contributed by atoms with Crippen molar-refractivity contribution in [2.45, 2.75) is 96.2 Å². The number of hydrogen-bond acceptors (Lipinski definition) is 5. The van der Waals surface area contributed by atoms with E-state index in [4.69, 9.17) is 14.9 Å². The molecule has 0 saturated heterocycles. The summed E-state index contributed by atoms with van der Waals surface area (Å²) in [5.74, 6) is -2.74. The van der Waals surface area contributed by atoms with Crippen LogP contribution in [0.1, 0.15) is 84.0 Å². The lowest BCUT2D eigenvalue weighted by molar-refractivity contribution is -0.169. The van der Waals surface area contributed by atoms with Gasteiger partial charge in [-0.15, -0.1) is 0 Å². The second kappa shape index (κ2) is 15.4. The summed E-state index contributed by atoms with van der Waals surface area (Å²) in [6, 6.07) is 0. The molecule has 2 unspecified atom stereocenters. The molecule has 0 aromatic heterocycles. The molecule has 0 aliphatic carbocycles. The van der Waals surface area contributed by atoms with Crippen molar-refractivity contribution in [3.63, 3.8) is 0 Å². The van der Waals surface area contributed by atoms with Crippen LogP contribution in [0.25, 0.3) is 0 Å². The van der Waals surface area contributed by atoms with Gasteiger partial charge >= 0.3 is 11.9 Å². The lowest BCUT2D eigenvalue weighted by atomic mass is 10.1.